The van der Waals surface area contributed by atoms with Crippen molar-refractivity contribution < 1.29 is 4.74 Å². The molecule has 0 aromatic carbocycles. The van der Waals surface area contributed by atoms with Crippen LogP contribution in [0.15, 0.2) is 0 Å². The zero-order chi connectivity index (χ0) is 10.4. The maximum Gasteiger partial charge on any atom is 0.0638 e. The van der Waals surface area contributed by atoms with E-state index in [0.29, 0.717) is 12.5 Å². The second kappa shape index (κ2) is 5.97. The summed E-state index contributed by atoms with van der Waals surface area (Å²) >= 11 is 0. The zero-order valence-electron chi connectivity index (χ0n) is 9.07. The molecule has 0 radical (unpaired) electrons. The fraction of sp³-hybridized carbons (Fsp3) is 0.900. The van der Waals surface area contributed by atoms with Crippen molar-refractivity contribution in [3.63, 3.8) is 0 Å². The Morgan fingerprint density at radius 2 is 2.29 bits per heavy atom. The molecule has 0 aliphatic carbocycles. The van der Waals surface area contributed by atoms with Gasteiger partial charge >= 0.3 is 0 Å². The normalized spacial score (nSPS) is 24.8. The summed E-state index contributed by atoms with van der Waals surface area (Å²) < 4.78 is 5.05. The van der Waals surface area contributed by atoms with Gasteiger partial charge in [0.15, 0.2) is 0 Å². The van der Waals surface area contributed by atoms with Crippen LogP contribution in [0.4, 0.5) is 0 Å². The fourth-order valence-corrected chi connectivity index (χ4v) is 1.76. The second-order valence-corrected chi connectivity index (χ2v) is 3.79. The van der Waals surface area contributed by atoms with Gasteiger partial charge < -0.3 is 4.74 Å². The molecule has 1 aliphatic heterocycles. The first-order valence-corrected chi connectivity index (χ1v) is 5.06. The van der Waals surface area contributed by atoms with E-state index in [1.165, 1.54) is 0 Å². The first-order valence-electron chi connectivity index (χ1n) is 5.06. The molecule has 1 saturated heterocycles. The number of piperazine rings is 1. The predicted octanol–water partition coefficient (Wildman–Crippen LogP) is 0.162. The second-order valence-electron chi connectivity index (χ2n) is 3.79. The van der Waals surface area contributed by atoms with Crippen molar-refractivity contribution in [2.45, 2.75) is 12.5 Å². The number of likely N-dealkylation sites (N-methyl/N-ethyl adjacent to an activating group) is 1. The Balaban J connectivity index is 2.33. The van der Waals surface area contributed by atoms with Gasteiger partial charge in [0.2, 0.25) is 0 Å². The minimum atomic E-state index is 0.394. The lowest BCUT2D eigenvalue weighted by atomic mass is 10.1. The number of rotatable bonds is 4. The maximum atomic E-state index is 8.68. The monoisotopic (exact) mass is 197 g/mol. The van der Waals surface area contributed by atoms with Crippen molar-refractivity contribution in [1.82, 2.24) is 9.80 Å². The molecule has 1 aliphatic rings. The Bertz CT molecular complexity index is 200. The Labute approximate surface area is 86.0 Å². The Hall–Kier alpha value is -0.630. The lowest BCUT2D eigenvalue weighted by Crippen LogP contribution is -2.51. The van der Waals surface area contributed by atoms with Crippen LogP contribution in [0.5, 0.6) is 0 Å². The summed E-state index contributed by atoms with van der Waals surface area (Å²) in [6.45, 7) is 4.89. The standard InChI is InChI=1S/C10H19N3O/c1-12-5-6-13(7-8-14-2)9-10(12)3-4-11/h10H,3,5-9H2,1-2H3. The molecule has 0 spiro atoms. The highest BCUT2D eigenvalue weighted by Crippen LogP contribution is 2.09. The number of nitriles is 1. The van der Waals surface area contributed by atoms with Gasteiger partial charge in [-0.1, -0.05) is 0 Å². The third-order valence-corrected chi connectivity index (χ3v) is 2.80. The number of methoxy groups -OCH3 is 1. The molecule has 14 heavy (non-hydrogen) atoms. The molecule has 4 nitrogen and oxygen atoms in total. The summed E-state index contributed by atoms with van der Waals surface area (Å²) in [7, 11) is 3.82. The molecular formula is C10H19N3O. The summed E-state index contributed by atoms with van der Waals surface area (Å²) in [4.78, 5) is 4.64. The Morgan fingerprint density at radius 3 is 2.93 bits per heavy atom. The molecule has 0 aromatic heterocycles. The van der Waals surface area contributed by atoms with Gasteiger partial charge in [0.25, 0.3) is 0 Å². The predicted molar refractivity (Wildman–Crippen MR) is 55.0 cm³/mol. The molecule has 80 valence electrons. The SMILES string of the molecule is COCCN1CCN(C)C(CC#N)C1. The van der Waals surface area contributed by atoms with E-state index in [1.54, 1.807) is 7.11 Å². The van der Waals surface area contributed by atoms with Crippen LogP contribution < -0.4 is 0 Å². The van der Waals surface area contributed by atoms with Gasteiger partial charge in [-0.05, 0) is 7.05 Å². The van der Waals surface area contributed by atoms with Crippen LogP contribution in [0.1, 0.15) is 6.42 Å². The molecular weight excluding hydrogens is 178 g/mol. The van der Waals surface area contributed by atoms with E-state index >= 15 is 0 Å². The Morgan fingerprint density at radius 1 is 1.50 bits per heavy atom. The smallest absolute Gasteiger partial charge is 0.0638 e. The van der Waals surface area contributed by atoms with Crippen LogP contribution in [0, 0.1) is 11.3 Å². The van der Waals surface area contributed by atoms with E-state index in [4.69, 9.17) is 10.00 Å². The van der Waals surface area contributed by atoms with E-state index in [0.717, 1.165) is 32.8 Å². The summed E-state index contributed by atoms with van der Waals surface area (Å²) in [5, 5.41) is 8.68. The molecule has 0 bridgehead atoms. The number of nitrogens with zero attached hydrogens (tertiary/aromatic N) is 3. The van der Waals surface area contributed by atoms with Crippen molar-refractivity contribution in [1.29, 1.82) is 5.26 Å². The van der Waals surface area contributed by atoms with Crippen LogP contribution >= 0.6 is 0 Å². The minimum Gasteiger partial charge on any atom is -0.383 e. The molecule has 1 rings (SSSR count). The largest absolute Gasteiger partial charge is 0.383 e. The van der Waals surface area contributed by atoms with Crippen LogP contribution in [0.2, 0.25) is 0 Å². The number of ether oxygens (including phenoxy) is 1. The van der Waals surface area contributed by atoms with Gasteiger partial charge in [-0.2, -0.15) is 5.26 Å². The number of hydrogen-bond acceptors (Lipinski definition) is 4. The van der Waals surface area contributed by atoms with Gasteiger partial charge in [0, 0.05) is 39.3 Å². The highest BCUT2D eigenvalue weighted by atomic mass is 16.5. The van der Waals surface area contributed by atoms with Crippen LogP contribution in [0.25, 0.3) is 0 Å². The van der Waals surface area contributed by atoms with Gasteiger partial charge in [0.1, 0.15) is 0 Å². The van der Waals surface area contributed by atoms with Crippen molar-refractivity contribution in [3.8, 4) is 6.07 Å². The summed E-state index contributed by atoms with van der Waals surface area (Å²) in [5.41, 5.74) is 0. The van der Waals surface area contributed by atoms with E-state index in [-0.39, 0.29) is 0 Å². The fourth-order valence-electron chi connectivity index (χ4n) is 1.76. The highest BCUT2D eigenvalue weighted by molar-refractivity contribution is 4.87. The number of hydrogen-bond donors (Lipinski definition) is 0. The molecule has 0 N–H and O–H groups in total. The molecule has 4 heteroatoms. The van der Waals surface area contributed by atoms with Crippen LogP contribution in [-0.2, 0) is 4.74 Å². The zero-order valence-corrected chi connectivity index (χ0v) is 9.07. The van der Waals surface area contributed by atoms with Gasteiger partial charge in [0.05, 0.1) is 19.1 Å². The molecule has 0 aromatic rings. The highest BCUT2D eigenvalue weighted by Gasteiger charge is 2.23. The van der Waals surface area contributed by atoms with Crippen molar-refractivity contribution in [2.75, 3.05) is 46.9 Å². The minimum absolute atomic E-state index is 0.394. The lowest BCUT2D eigenvalue weighted by molar-refractivity contribution is 0.0729. The third-order valence-electron chi connectivity index (χ3n) is 2.80. The summed E-state index contributed by atoms with van der Waals surface area (Å²) in [5.74, 6) is 0. The third kappa shape index (κ3) is 3.26. The molecule has 1 fully saturated rings. The van der Waals surface area contributed by atoms with Crippen molar-refractivity contribution in [2.24, 2.45) is 0 Å². The van der Waals surface area contributed by atoms with E-state index < -0.39 is 0 Å². The van der Waals surface area contributed by atoms with Crippen molar-refractivity contribution >= 4 is 0 Å². The van der Waals surface area contributed by atoms with Gasteiger partial charge in [-0.25, -0.2) is 0 Å². The molecule has 1 atom stereocenters. The van der Waals surface area contributed by atoms with E-state index in [2.05, 4.69) is 22.9 Å². The quantitative estimate of drug-likeness (QED) is 0.644. The first-order chi connectivity index (χ1) is 6.77. The van der Waals surface area contributed by atoms with Crippen LogP contribution in [-0.4, -0.2) is 62.8 Å². The lowest BCUT2D eigenvalue weighted by Gasteiger charge is -2.38. The summed E-state index contributed by atoms with van der Waals surface area (Å²) in [6.07, 6.45) is 0.625. The van der Waals surface area contributed by atoms with Gasteiger partial charge in [-0.3, -0.25) is 9.80 Å². The van der Waals surface area contributed by atoms with E-state index in [1.807, 2.05) is 0 Å². The first kappa shape index (κ1) is 11.4. The average molecular weight is 197 g/mol. The maximum absolute atomic E-state index is 8.68. The molecule has 1 unspecified atom stereocenters. The van der Waals surface area contributed by atoms with Gasteiger partial charge in [-0.15, -0.1) is 0 Å². The molecule has 0 amide bonds. The average Bonchev–Trinajstić information content (AvgIpc) is 2.19. The summed E-state index contributed by atoms with van der Waals surface area (Å²) in [6, 6.07) is 2.64. The van der Waals surface area contributed by atoms with E-state index in [9.17, 15) is 0 Å². The Kier molecular flexibility index (Phi) is 4.88. The van der Waals surface area contributed by atoms with Crippen LogP contribution in [0.3, 0.4) is 0 Å². The molecule has 0 saturated carbocycles. The topological polar surface area (TPSA) is 39.5 Å². The molecule has 1 heterocycles. The van der Waals surface area contributed by atoms with Crippen molar-refractivity contribution in [3.05, 3.63) is 0 Å².